The van der Waals surface area contributed by atoms with Gasteiger partial charge in [0.05, 0.1) is 6.10 Å². The summed E-state index contributed by atoms with van der Waals surface area (Å²) in [4.78, 5) is 2.64. The molecule has 3 unspecified atom stereocenters. The van der Waals surface area contributed by atoms with Crippen molar-refractivity contribution in [2.75, 3.05) is 6.54 Å². The Labute approximate surface area is 87.3 Å². The van der Waals surface area contributed by atoms with Gasteiger partial charge in [0.2, 0.25) is 0 Å². The molecule has 0 aromatic carbocycles. The largest absolute Gasteiger partial charge is 0.393 e. The number of hydrogen-bond acceptors (Lipinski definition) is 2. The van der Waals surface area contributed by atoms with Crippen LogP contribution in [0.5, 0.6) is 0 Å². The third kappa shape index (κ3) is 1.59. The van der Waals surface area contributed by atoms with Crippen molar-refractivity contribution >= 4 is 0 Å². The molecule has 0 spiro atoms. The summed E-state index contributed by atoms with van der Waals surface area (Å²) in [6, 6.07) is 1.50. The molecule has 1 heterocycles. The Morgan fingerprint density at radius 3 is 2.71 bits per heavy atom. The van der Waals surface area contributed by atoms with Crippen molar-refractivity contribution in [3.8, 4) is 0 Å². The Kier molecular flexibility index (Phi) is 3.13. The SMILES string of the molecule is CCCCN1C(CC)C2CC(O)C[C@@H]21. The summed E-state index contributed by atoms with van der Waals surface area (Å²) < 4.78 is 0. The molecule has 1 saturated carbocycles. The molecular weight excluding hydrogens is 174 g/mol. The van der Waals surface area contributed by atoms with Crippen LogP contribution < -0.4 is 0 Å². The van der Waals surface area contributed by atoms with E-state index in [0.29, 0.717) is 0 Å². The minimum absolute atomic E-state index is 0.00863. The second-order valence-electron chi connectivity index (χ2n) is 4.92. The molecule has 0 radical (unpaired) electrons. The topological polar surface area (TPSA) is 23.5 Å². The van der Waals surface area contributed by atoms with Gasteiger partial charge in [0, 0.05) is 12.1 Å². The predicted octanol–water partition coefficient (Wildman–Crippen LogP) is 2.02. The molecule has 1 aliphatic heterocycles. The molecule has 0 aromatic rings. The zero-order chi connectivity index (χ0) is 10.1. The number of fused-ring (bicyclic) bond motifs is 1. The van der Waals surface area contributed by atoms with Crippen LogP contribution in [0.4, 0.5) is 0 Å². The zero-order valence-electron chi connectivity index (χ0n) is 9.45. The number of aliphatic hydroxyl groups excluding tert-OH is 1. The maximum absolute atomic E-state index is 9.64. The fourth-order valence-corrected chi connectivity index (χ4v) is 3.42. The van der Waals surface area contributed by atoms with Gasteiger partial charge in [-0.1, -0.05) is 20.3 Å². The van der Waals surface area contributed by atoms with E-state index in [0.717, 1.165) is 30.8 Å². The second-order valence-corrected chi connectivity index (χ2v) is 4.92. The van der Waals surface area contributed by atoms with Crippen molar-refractivity contribution in [3.63, 3.8) is 0 Å². The molecule has 82 valence electrons. The summed E-state index contributed by atoms with van der Waals surface area (Å²) in [7, 11) is 0. The molecule has 0 aromatic heterocycles. The first kappa shape index (κ1) is 10.4. The fourth-order valence-electron chi connectivity index (χ4n) is 3.42. The summed E-state index contributed by atoms with van der Waals surface area (Å²) in [5.74, 6) is 0.812. The predicted molar refractivity (Wildman–Crippen MR) is 58.2 cm³/mol. The third-order valence-corrected chi connectivity index (χ3v) is 4.09. The van der Waals surface area contributed by atoms with Crippen LogP contribution >= 0.6 is 0 Å². The van der Waals surface area contributed by atoms with Crippen LogP contribution in [-0.2, 0) is 0 Å². The van der Waals surface area contributed by atoms with Crippen LogP contribution in [0, 0.1) is 5.92 Å². The minimum atomic E-state index is -0.00863. The van der Waals surface area contributed by atoms with E-state index in [9.17, 15) is 5.11 Å². The van der Waals surface area contributed by atoms with Gasteiger partial charge >= 0.3 is 0 Å². The molecule has 2 rings (SSSR count). The van der Waals surface area contributed by atoms with E-state index in [4.69, 9.17) is 0 Å². The van der Waals surface area contributed by atoms with E-state index < -0.39 is 0 Å². The van der Waals surface area contributed by atoms with Gasteiger partial charge in [0.15, 0.2) is 0 Å². The Bertz CT molecular complexity index is 189. The van der Waals surface area contributed by atoms with Crippen LogP contribution in [0.3, 0.4) is 0 Å². The molecule has 4 atom stereocenters. The van der Waals surface area contributed by atoms with Crippen molar-refractivity contribution in [2.45, 2.75) is 64.1 Å². The number of unbranched alkanes of at least 4 members (excludes halogenated alkanes) is 1. The first-order valence-electron chi connectivity index (χ1n) is 6.21. The highest BCUT2D eigenvalue weighted by atomic mass is 16.3. The molecule has 1 saturated heterocycles. The summed E-state index contributed by atoms with van der Waals surface area (Å²) >= 11 is 0. The maximum Gasteiger partial charge on any atom is 0.0559 e. The molecule has 0 amide bonds. The summed E-state index contributed by atoms with van der Waals surface area (Å²) in [6.07, 6.45) is 5.95. The summed E-state index contributed by atoms with van der Waals surface area (Å²) in [6.45, 7) is 5.79. The average molecular weight is 197 g/mol. The Balaban J connectivity index is 1.90. The lowest BCUT2D eigenvalue weighted by Crippen LogP contribution is -2.61. The Morgan fingerprint density at radius 1 is 1.29 bits per heavy atom. The van der Waals surface area contributed by atoms with E-state index in [1.165, 1.54) is 25.8 Å². The van der Waals surface area contributed by atoms with Crippen molar-refractivity contribution in [1.29, 1.82) is 0 Å². The second kappa shape index (κ2) is 4.19. The lowest BCUT2D eigenvalue weighted by atomic mass is 9.80. The normalized spacial score (nSPS) is 42.2. The molecule has 1 aliphatic carbocycles. The van der Waals surface area contributed by atoms with E-state index in [2.05, 4.69) is 18.7 Å². The van der Waals surface area contributed by atoms with E-state index in [-0.39, 0.29) is 6.10 Å². The molecule has 2 nitrogen and oxygen atoms in total. The van der Waals surface area contributed by atoms with Gasteiger partial charge in [0.25, 0.3) is 0 Å². The minimum Gasteiger partial charge on any atom is -0.393 e. The monoisotopic (exact) mass is 197 g/mol. The highest BCUT2D eigenvalue weighted by molar-refractivity contribution is 5.05. The highest BCUT2D eigenvalue weighted by Crippen LogP contribution is 2.45. The first-order valence-corrected chi connectivity index (χ1v) is 6.21. The van der Waals surface area contributed by atoms with Crippen molar-refractivity contribution in [2.24, 2.45) is 5.92 Å². The fraction of sp³-hybridized carbons (Fsp3) is 1.00. The molecule has 2 aliphatic rings. The number of likely N-dealkylation sites (tertiary alicyclic amines) is 1. The molecule has 2 heteroatoms. The first-order chi connectivity index (χ1) is 6.77. The standard InChI is InChI=1S/C12H23NO/c1-3-5-6-13-11(4-2)10-7-9(14)8-12(10)13/h9-12,14H,3-8H2,1-2H3/t9?,10?,11?,12-/m0/s1. The molecular formula is C12H23NO. The van der Waals surface area contributed by atoms with Crippen molar-refractivity contribution in [1.82, 2.24) is 4.90 Å². The summed E-state index contributed by atoms with van der Waals surface area (Å²) in [5.41, 5.74) is 0. The maximum atomic E-state index is 9.64. The van der Waals surface area contributed by atoms with E-state index >= 15 is 0 Å². The van der Waals surface area contributed by atoms with Crippen LogP contribution in [0.25, 0.3) is 0 Å². The molecule has 2 fully saturated rings. The molecule has 1 N–H and O–H groups in total. The van der Waals surface area contributed by atoms with Gasteiger partial charge < -0.3 is 5.11 Å². The zero-order valence-corrected chi connectivity index (χ0v) is 9.45. The van der Waals surface area contributed by atoms with Gasteiger partial charge in [-0.25, -0.2) is 0 Å². The van der Waals surface area contributed by atoms with Crippen LogP contribution in [0.1, 0.15) is 46.0 Å². The number of hydrogen-bond donors (Lipinski definition) is 1. The molecule has 14 heavy (non-hydrogen) atoms. The number of aliphatic hydroxyl groups is 1. The highest BCUT2D eigenvalue weighted by Gasteiger charge is 2.51. The smallest absolute Gasteiger partial charge is 0.0559 e. The van der Waals surface area contributed by atoms with Gasteiger partial charge in [-0.05, 0) is 38.1 Å². The Morgan fingerprint density at radius 2 is 2.07 bits per heavy atom. The average Bonchev–Trinajstić information content (AvgIpc) is 2.48. The molecule has 0 bridgehead atoms. The third-order valence-electron chi connectivity index (χ3n) is 4.09. The lowest BCUT2D eigenvalue weighted by Gasteiger charge is -2.52. The van der Waals surface area contributed by atoms with Crippen LogP contribution in [0.2, 0.25) is 0 Å². The van der Waals surface area contributed by atoms with Gasteiger partial charge in [-0.2, -0.15) is 0 Å². The quantitative estimate of drug-likeness (QED) is 0.745. The van der Waals surface area contributed by atoms with Crippen LogP contribution in [0.15, 0.2) is 0 Å². The van der Waals surface area contributed by atoms with Gasteiger partial charge in [-0.3, -0.25) is 4.90 Å². The number of nitrogens with zero attached hydrogens (tertiary/aromatic N) is 1. The van der Waals surface area contributed by atoms with Crippen LogP contribution in [-0.4, -0.2) is 34.7 Å². The summed E-state index contributed by atoms with van der Waals surface area (Å²) in [5, 5.41) is 9.64. The number of rotatable bonds is 4. The van der Waals surface area contributed by atoms with Crippen molar-refractivity contribution in [3.05, 3.63) is 0 Å². The van der Waals surface area contributed by atoms with E-state index in [1.54, 1.807) is 0 Å². The Hall–Kier alpha value is -0.0800. The van der Waals surface area contributed by atoms with Crippen molar-refractivity contribution < 1.29 is 5.11 Å². The van der Waals surface area contributed by atoms with E-state index in [1.807, 2.05) is 0 Å². The lowest BCUT2D eigenvalue weighted by molar-refractivity contribution is -0.0397. The van der Waals surface area contributed by atoms with Gasteiger partial charge in [0.1, 0.15) is 0 Å². The van der Waals surface area contributed by atoms with Gasteiger partial charge in [-0.15, -0.1) is 0 Å².